The summed E-state index contributed by atoms with van der Waals surface area (Å²) in [5.41, 5.74) is 1.04. The Bertz CT molecular complexity index is 220. The highest BCUT2D eigenvalue weighted by molar-refractivity contribution is 5.82. The smallest absolute Gasteiger partial charge is 0.227 e. The number of carbonyl (C=O) groups excluding carboxylic acids is 1. The molecule has 2 aliphatic rings. The monoisotopic (exact) mass is 151 g/mol. The fraction of sp³-hybridized carbons (Fsp3) is 0.667. The number of carbonyl (C=O) groups is 1. The molecule has 0 aromatic heterocycles. The quantitative estimate of drug-likeness (QED) is 0.557. The van der Waals surface area contributed by atoms with Crippen molar-refractivity contribution in [2.24, 2.45) is 11.8 Å². The summed E-state index contributed by atoms with van der Waals surface area (Å²) < 4.78 is 0. The van der Waals surface area contributed by atoms with Crippen LogP contribution in [0.3, 0.4) is 0 Å². The maximum absolute atomic E-state index is 11.3. The lowest BCUT2D eigenvalue weighted by Gasteiger charge is -2.22. The van der Waals surface area contributed by atoms with Crippen molar-refractivity contribution in [1.82, 2.24) is 5.32 Å². The van der Waals surface area contributed by atoms with Crippen LogP contribution in [0, 0.1) is 11.8 Å². The van der Waals surface area contributed by atoms with E-state index in [-0.39, 0.29) is 5.91 Å². The van der Waals surface area contributed by atoms with Gasteiger partial charge in [-0.25, -0.2) is 0 Å². The molecular formula is C9H13NO. The summed E-state index contributed by atoms with van der Waals surface area (Å²) in [7, 11) is 0. The molecule has 1 fully saturated rings. The van der Waals surface area contributed by atoms with E-state index in [1.807, 2.05) is 6.92 Å². The van der Waals surface area contributed by atoms with E-state index >= 15 is 0 Å². The molecule has 0 aromatic carbocycles. The van der Waals surface area contributed by atoms with Gasteiger partial charge in [-0.2, -0.15) is 0 Å². The van der Waals surface area contributed by atoms with Gasteiger partial charge >= 0.3 is 0 Å². The van der Waals surface area contributed by atoms with Crippen LogP contribution < -0.4 is 5.32 Å². The summed E-state index contributed by atoms with van der Waals surface area (Å²) >= 11 is 0. The van der Waals surface area contributed by atoms with E-state index in [0.29, 0.717) is 11.8 Å². The van der Waals surface area contributed by atoms with Gasteiger partial charge in [-0.1, -0.05) is 12.5 Å². The standard InChI is InChI=1S/C9H13NO/c1-6-5-7-3-2-4-8(7)9(11)10-6/h5,7-8H,2-4H2,1H3,(H,10,11). The van der Waals surface area contributed by atoms with Crippen LogP contribution in [0.25, 0.3) is 0 Å². The van der Waals surface area contributed by atoms with Crippen molar-refractivity contribution < 1.29 is 4.79 Å². The van der Waals surface area contributed by atoms with Crippen molar-refractivity contribution in [3.8, 4) is 0 Å². The fourth-order valence-corrected chi connectivity index (χ4v) is 2.16. The Labute approximate surface area is 66.7 Å². The van der Waals surface area contributed by atoms with Gasteiger partial charge in [-0.15, -0.1) is 0 Å². The van der Waals surface area contributed by atoms with Crippen molar-refractivity contribution in [1.29, 1.82) is 0 Å². The Morgan fingerprint density at radius 2 is 2.36 bits per heavy atom. The van der Waals surface area contributed by atoms with Gasteiger partial charge < -0.3 is 5.32 Å². The Balaban J connectivity index is 2.25. The lowest BCUT2D eigenvalue weighted by atomic mass is 9.91. The first-order valence-electron chi connectivity index (χ1n) is 4.26. The molecule has 1 amide bonds. The summed E-state index contributed by atoms with van der Waals surface area (Å²) in [5.74, 6) is 1.08. The summed E-state index contributed by atoms with van der Waals surface area (Å²) in [6.45, 7) is 1.96. The summed E-state index contributed by atoms with van der Waals surface area (Å²) in [6, 6.07) is 0. The second-order valence-corrected chi connectivity index (χ2v) is 3.54. The van der Waals surface area contributed by atoms with Gasteiger partial charge in [0.25, 0.3) is 0 Å². The van der Waals surface area contributed by atoms with E-state index in [1.165, 1.54) is 12.8 Å². The molecule has 1 aliphatic carbocycles. The molecule has 1 N–H and O–H groups in total. The van der Waals surface area contributed by atoms with Gasteiger partial charge in [0, 0.05) is 11.6 Å². The van der Waals surface area contributed by atoms with Crippen molar-refractivity contribution in [3.05, 3.63) is 11.8 Å². The molecule has 1 heterocycles. The predicted molar refractivity (Wildman–Crippen MR) is 42.7 cm³/mol. The molecule has 11 heavy (non-hydrogen) atoms. The zero-order valence-electron chi connectivity index (χ0n) is 6.76. The molecule has 0 aromatic rings. The van der Waals surface area contributed by atoms with Gasteiger partial charge in [-0.05, 0) is 25.7 Å². The third-order valence-electron chi connectivity index (χ3n) is 2.69. The number of allylic oxidation sites excluding steroid dienone is 2. The van der Waals surface area contributed by atoms with E-state index < -0.39 is 0 Å². The first-order chi connectivity index (χ1) is 5.27. The minimum atomic E-state index is 0.243. The van der Waals surface area contributed by atoms with Crippen molar-refractivity contribution in [3.63, 3.8) is 0 Å². The predicted octanol–water partition coefficient (Wildman–Crippen LogP) is 1.44. The minimum absolute atomic E-state index is 0.243. The highest BCUT2D eigenvalue weighted by Gasteiger charge is 2.34. The van der Waals surface area contributed by atoms with Crippen LogP contribution >= 0.6 is 0 Å². The van der Waals surface area contributed by atoms with Crippen LogP contribution in [0.4, 0.5) is 0 Å². The second kappa shape index (κ2) is 2.36. The average Bonchev–Trinajstić information content (AvgIpc) is 2.34. The first kappa shape index (κ1) is 6.89. The molecule has 2 heteroatoms. The zero-order chi connectivity index (χ0) is 7.84. The third kappa shape index (κ3) is 1.06. The molecule has 60 valence electrons. The molecule has 1 saturated carbocycles. The first-order valence-corrected chi connectivity index (χ1v) is 4.26. The SMILES string of the molecule is CC1=CC2CCCC2C(=O)N1. The number of nitrogens with one attached hydrogen (secondary N) is 1. The maximum Gasteiger partial charge on any atom is 0.227 e. The summed E-state index contributed by atoms with van der Waals surface area (Å²) in [5, 5.41) is 2.87. The third-order valence-corrected chi connectivity index (χ3v) is 2.69. The second-order valence-electron chi connectivity index (χ2n) is 3.54. The van der Waals surface area contributed by atoms with Crippen LogP contribution in [0.5, 0.6) is 0 Å². The summed E-state index contributed by atoms with van der Waals surface area (Å²) in [6.07, 6.45) is 5.71. The Morgan fingerprint density at radius 3 is 3.18 bits per heavy atom. The molecule has 2 unspecified atom stereocenters. The van der Waals surface area contributed by atoms with Gasteiger partial charge in [0.2, 0.25) is 5.91 Å². The van der Waals surface area contributed by atoms with Gasteiger partial charge in [-0.3, -0.25) is 4.79 Å². The van der Waals surface area contributed by atoms with E-state index in [0.717, 1.165) is 12.1 Å². The number of fused-ring (bicyclic) bond motifs is 1. The van der Waals surface area contributed by atoms with Crippen LogP contribution in [0.2, 0.25) is 0 Å². The molecule has 0 saturated heterocycles. The zero-order valence-corrected chi connectivity index (χ0v) is 6.76. The van der Waals surface area contributed by atoms with Crippen LogP contribution in [0.1, 0.15) is 26.2 Å². The Morgan fingerprint density at radius 1 is 1.55 bits per heavy atom. The fourth-order valence-electron chi connectivity index (χ4n) is 2.16. The number of hydrogen-bond donors (Lipinski definition) is 1. The van der Waals surface area contributed by atoms with Crippen LogP contribution in [0.15, 0.2) is 11.8 Å². The van der Waals surface area contributed by atoms with Gasteiger partial charge in [0.1, 0.15) is 0 Å². The van der Waals surface area contributed by atoms with E-state index in [1.54, 1.807) is 0 Å². The molecular weight excluding hydrogens is 138 g/mol. The minimum Gasteiger partial charge on any atom is -0.330 e. The largest absolute Gasteiger partial charge is 0.330 e. The topological polar surface area (TPSA) is 29.1 Å². The molecule has 2 rings (SSSR count). The lowest BCUT2D eigenvalue weighted by molar-refractivity contribution is -0.125. The lowest BCUT2D eigenvalue weighted by Crippen LogP contribution is -2.35. The highest BCUT2D eigenvalue weighted by atomic mass is 16.2. The van der Waals surface area contributed by atoms with E-state index in [2.05, 4.69) is 11.4 Å². The highest BCUT2D eigenvalue weighted by Crippen LogP contribution is 2.35. The molecule has 2 atom stereocenters. The van der Waals surface area contributed by atoms with E-state index in [4.69, 9.17) is 0 Å². The molecule has 0 bridgehead atoms. The van der Waals surface area contributed by atoms with Crippen LogP contribution in [-0.4, -0.2) is 5.91 Å². The van der Waals surface area contributed by atoms with Crippen molar-refractivity contribution >= 4 is 5.91 Å². The molecule has 1 aliphatic heterocycles. The maximum atomic E-state index is 11.3. The number of amides is 1. The molecule has 2 nitrogen and oxygen atoms in total. The van der Waals surface area contributed by atoms with E-state index in [9.17, 15) is 4.79 Å². The molecule has 0 spiro atoms. The van der Waals surface area contributed by atoms with Gasteiger partial charge in [0.05, 0.1) is 0 Å². The number of rotatable bonds is 0. The average molecular weight is 151 g/mol. The molecule has 0 radical (unpaired) electrons. The van der Waals surface area contributed by atoms with Crippen molar-refractivity contribution in [2.75, 3.05) is 0 Å². The van der Waals surface area contributed by atoms with Gasteiger partial charge in [0.15, 0.2) is 0 Å². The Hall–Kier alpha value is -0.790. The number of hydrogen-bond acceptors (Lipinski definition) is 1. The van der Waals surface area contributed by atoms with Crippen LogP contribution in [-0.2, 0) is 4.79 Å². The summed E-state index contributed by atoms with van der Waals surface area (Å²) in [4.78, 5) is 11.3. The normalized spacial score (nSPS) is 36.1. The van der Waals surface area contributed by atoms with Crippen molar-refractivity contribution in [2.45, 2.75) is 26.2 Å². The Kier molecular flexibility index (Phi) is 1.48.